The molecule has 5 unspecified atom stereocenters. The highest BCUT2D eigenvalue weighted by molar-refractivity contribution is 6.03. The lowest BCUT2D eigenvalue weighted by Crippen LogP contribution is -2.65. The number of aromatic nitrogens is 1. The van der Waals surface area contributed by atoms with Crippen LogP contribution < -0.4 is 37.7 Å². The Bertz CT molecular complexity index is 2290. The molecule has 7 atom stereocenters. The number of para-hydroxylation sites is 1. The second-order valence-corrected chi connectivity index (χ2v) is 14.2. The number of primary amides is 1. The van der Waals surface area contributed by atoms with Crippen molar-refractivity contribution in [2.24, 2.45) is 5.73 Å². The fraction of sp³-hybridized carbons (Fsp3) is 0.400. The average molecular weight is 849 g/mol. The first-order valence-electron chi connectivity index (χ1n) is 19.3. The molecule has 0 aliphatic carbocycles. The van der Waals surface area contributed by atoms with Crippen molar-refractivity contribution in [1.29, 1.82) is 0 Å². The predicted molar refractivity (Wildman–Crippen MR) is 219 cm³/mol. The molecule has 5 amide bonds. The van der Waals surface area contributed by atoms with Crippen molar-refractivity contribution in [3.63, 3.8) is 0 Å². The number of fused-ring (bicyclic) bond motifs is 2. The van der Waals surface area contributed by atoms with E-state index in [1.54, 1.807) is 48.5 Å². The first-order valence-corrected chi connectivity index (χ1v) is 19.3. The Morgan fingerprint density at radius 2 is 1.70 bits per heavy atom. The number of hydrogen-bond acceptors (Lipinski definition) is 14. The molecule has 5 rings (SSSR count). The van der Waals surface area contributed by atoms with Crippen LogP contribution in [0.15, 0.2) is 71.5 Å². The Morgan fingerprint density at radius 1 is 0.984 bits per heavy atom. The lowest BCUT2D eigenvalue weighted by Gasteiger charge is -2.44. The fourth-order valence-corrected chi connectivity index (χ4v) is 6.73. The van der Waals surface area contributed by atoms with Crippen LogP contribution in [0.4, 0.5) is 11.4 Å². The summed E-state index contributed by atoms with van der Waals surface area (Å²) in [6.07, 6.45) is -5.60. The van der Waals surface area contributed by atoms with Crippen molar-refractivity contribution in [3.05, 3.63) is 92.6 Å². The number of nitrogens with two attached hydrogens (primary N) is 1. The van der Waals surface area contributed by atoms with Gasteiger partial charge in [0, 0.05) is 49.1 Å². The molecular weight excluding hydrogens is 800 g/mol. The van der Waals surface area contributed by atoms with E-state index in [2.05, 4.69) is 31.6 Å². The van der Waals surface area contributed by atoms with Crippen LogP contribution in [0.1, 0.15) is 32.3 Å². The maximum Gasteiger partial charge on any atom is 0.293 e. The Kier molecular flexibility index (Phi) is 15.8. The number of non-ortho nitro benzene ring substituents is 1. The van der Waals surface area contributed by atoms with Crippen LogP contribution in [0.3, 0.4) is 0 Å². The summed E-state index contributed by atoms with van der Waals surface area (Å²) in [7, 11) is 0. The topological polar surface area (TPSA) is 316 Å². The molecule has 2 heterocycles. The number of anilines is 1. The Hall–Kier alpha value is -6.52. The first-order chi connectivity index (χ1) is 29.2. The summed E-state index contributed by atoms with van der Waals surface area (Å²) in [5.41, 5.74) is 6.38. The molecule has 4 aromatic rings. The summed E-state index contributed by atoms with van der Waals surface area (Å²) in [5, 5.41) is 46.0. The quantitative estimate of drug-likeness (QED) is 0.0236. The number of hydrogen-bond donors (Lipinski definition) is 9. The number of nitro benzene ring substituents is 1. The molecule has 3 aromatic carbocycles. The van der Waals surface area contributed by atoms with Crippen LogP contribution in [0, 0.1) is 10.1 Å². The number of carbonyl (C=O) groups excluding carboxylic acids is 5. The van der Waals surface area contributed by atoms with Crippen LogP contribution in [0.25, 0.3) is 21.8 Å². The third kappa shape index (κ3) is 11.8. The highest BCUT2D eigenvalue weighted by Crippen LogP contribution is 2.30. The second kappa shape index (κ2) is 21.1. The third-order valence-corrected chi connectivity index (χ3v) is 9.78. The van der Waals surface area contributed by atoms with Crippen molar-refractivity contribution in [3.8, 4) is 0 Å². The number of ether oxygens (including phenoxy) is 3. The molecule has 326 valence electrons. The highest BCUT2D eigenvalue weighted by Gasteiger charge is 2.47. The Morgan fingerprint density at radius 3 is 2.39 bits per heavy atom. The minimum Gasteiger partial charge on any atom is -0.394 e. The van der Waals surface area contributed by atoms with Crippen LogP contribution >= 0.6 is 0 Å². The number of amides is 5. The number of rotatable bonds is 20. The van der Waals surface area contributed by atoms with Crippen molar-refractivity contribution >= 4 is 62.7 Å². The number of pyridine rings is 1. The zero-order chi connectivity index (χ0) is 44.2. The van der Waals surface area contributed by atoms with Gasteiger partial charge in [-0.15, -0.1) is 0 Å². The van der Waals surface area contributed by atoms with Gasteiger partial charge in [0.15, 0.2) is 11.7 Å². The van der Waals surface area contributed by atoms with E-state index in [1.807, 2.05) is 6.07 Å². The van der Waals surface area contributed by atoms with Gasteiger partial charge in [0.25, 0.3) is 5.69 Å². The molecule has 1 aliphatic rings. The lowest BCUT2D eigenvalue weighted by molar-refractivity contribution is -0.383. The molecule has 10 N–H and O–H groups in total. The highest BCUT2D eigenvalue weighted by atomic mass is 16.7. The van der Waals surface area contributed by atoms with E-state index in [-0.39, 0.29) is 49.1 Å². The van der Waals surface area contributed by atoms with Crippen LogP contribution in [-0.2, 0) is 44.8 Å². The summed E-state index contributed by atoms with van der Waals surface area (Å²) in [4.78, 5) is 90.3. The maximum atomic E-state index is 13.3. The van der Waals surface area contributed by atoms with Crippen LogP contribution in [0.5, 0.6) is 0 Å². The molecule has 0 spiro atoms. The maximum absolute atomic E-state index is 13.3. The van der Waals surface area contributed by atoms with Gasteiger partial charge >= 0.3 is 0 Å². The Labute approximate surface area is 347 Å². The van der Waals surface area contributed by atoms with Gasteiger partial charge in [-0.05, 0) is 37.1 Å². The van der Waals surface area contributed by atoms with Crippen LogP contribution in [0.2, 0.25) is 0 Å². The lowest BCUT2D eigenvalue weighted by atomic mass is 9.96. The van der Waals surface area contributed by atoms with E-state index in [9.17, 15) is 49.1 Å². The summed E-state index contributed by atoms with van der Waals surface area (Å²) < 4.78 is 17.3. The minimum atomic E-state index is -1.50. The van der Waals surface area contributed by atoms with Crippen molar-refractivity contribution in [2.75, 3.05) is 31.6 Å². The minimum absolute atomic E-state index is 0.0482. The average Bonchev–Trinajstić information content (AvgIpc) is 3.23. The molecule has 1 aliphatic heterocycles. The van der Waals surface area contributed by atoms with Crippen molar-refractivity contribution in [2.45, 2.75) is 76.0 Å². The number of nitrogens with one attached hydrogen (secondary N) is 6. The van der Waals surface area contributed by atoms with E-state index < -0.39 is 95.8 Å². The molecular formula is C40H48N8O13. The predicted octanol–water partition coefficient (Wildman–Crippen LogP) is -0.443. The van der Waals surface area contributed by atoms with Crippen molar-refractivity contribution < 1.29 is 53.3 Å². The van der Waals surface area contributed by atoms with Gasteiger partial charge in [0.2, 0.25) is 29.5 Å². The van der Waals surface area contributed by atoms with Gasteiger partial charge in [-0.1, -0.05) is 42.5 Å². The number of aliphatic hydroxyl groups excluding tert-OH is 2. The number of H-pyrrole nitrogens is 1. The first kappa shape index (κ1) is 45.6. The smallest absolute Gasteiger partial charge is 0.293 e. The molecule has 21 heteroatoms. The number of carbonyl (C=O) groups is 5. The molecule has 0 bridgehead atoms. The SMILES string of the molecule is CC(=O)NC1C(OCc2ccccc2)OC(CO)C(O)C1OCC(=O)N[C@@H](C)C(=O)N[C@H](CCC(=O)NCCNc1ccc([N+](=O)[O-])c2[nH]c3ccccc3c(=O)c12)C(N)=O. The normalized spacial score (nSPS) is 19.6. The monoisotopic (exact) mass is 848 g/mol. The fourth-order valence-electron chi connectivity index (χ4n) is 6.73. The Balaban J connectivity index is 1.10. The molecule has 1 fully saturated rings. The number of aromatic amines is 1. The summed E-state index contributed by atoms with van der Waals surface area (Å²) in [6.45, 7) is 1.44. The largest absolute Gasteiger partial charge is 0.394 e. The molecule has 21 nitrogen and oxygen atoms in total. The van der Waals surface area contributed by atoms with Crippen molar-refractivity contribution in [1.82, 2.24) is 26.3 Å². The zero-order valence-electron chi connectivity index (χ0n) is 33.3. The van der Waals surface area contributed by atoms with E-state index >= 15 is 0 Å². The van der Waals surface area contributed by atoms with E-state index in [0.29, 0.717) is 16.6 Å². The molecule has 1 aromatic heterocycles. The van der Waals surface area contributed by atoms with Gasteiger partial charge in [0.1, 0.15) is 48.6 Å². The standard InChI is InChI=1S/C40H48N8O13/c1-21(44-31(52)20-59-37-34(45-22(2)50)40(61-29(18-49)36(37)54)60-19-23-8-4-3-5-9-23)39(56)47-27(38(41)55)13-15-30(51)43-17-16-42-26-12-14-28(48(57)58)33-32(26)35(53)24-10-6-7-11-25(24)46-33/h3-12,14,21,27,29,34,36-37,40,42,49,54H,13,15-20H2,1-2H3,(H2,41,55)(H,43,51)(H,44,52)(H,45,50)(H,46,53)(H,47,56)/t21-,27+,29?,34?,36?,37?,40?/m0/s1. The molecule has 61 heavy (non-hydrogen) atoms. The third-order valence-electron chi connectivity index (χ3n) is 9.78. The van der Waals surface area contributed by atoms with E-state index in [0.717, 1.165) is 5.56 Å². The number of benzene rings is 3. The number of aliphatic hydroxyl groups is 2. The van der Waals surface area contributed by atoms with Gasteiger partial charge < -0.3 is 61.7 Å². The summed E-state index contributed by atoms with van der Waals surface area (Å²) in [5.74, 6) is -3.57. The van der Waals surface area contributed by atoms with E-state index in [4.69, 9.17) is 19.9 Å². The molecule has 0 radical (unpaired) electrons. The summed E-state index contributed by atoms with van der Waals surface area (Å²) >= 11 is 0. The van der Waals surface area contributed by atoms with Gasteiger partial charge in [-0.25, -0.2) is 0 Å². The van der Waals surface area contributed by atoms with Crippen LogP contribution in [-0.4, -0.2) is 119 Å². The van der Waals surface area contributed by atoms with E-state index in [1.165, 1.54) is 26.0 Å². The number of nitrogens with zero attached hydrogens (tertiary/aromatic N) is 1. The molecule has 0 saturated carbocycles. The second-order valence-electron chi connectivity index (χ2n) is 14.2. The molecule has 1 saturated heterocycles. The zero-order valence-corrected chi connectivity index (χ0v) is 33.3. The number of nitro groups is 1. The van der Waals surface area contributed by atoms with Gasteiger partial charge in [-0.2, -0.15) is 0 Å². The van der Waals surface area contributed by atoms with Gasteiger partial charge in [0.05, 0.1) is 23.5 Å². The summed E-state index contributed by atoms with van der Waals surface area (Å²) in [6, 6.07) is 14.7. The van der Waals surface area contributed by atoms with Gasteiger partial charge in [-0.3, -0.25) is 38.9 Å².